The number of hydrogen-bond acceptors (Lipinski definition) is 4. The molecular weight excluding hydrogens is 266 g/mol. The summed E-state index contributed by atoms with van der Waals surface area (Å²) in [6.45, 7) is 5.10. The fourth-order valence-electron chi connectivity index (χ4n) is 2.03. The molecule has 0 radical (unpaired) electrons. The molecule has 0 bridgehead atoms. The SMILES string of the molecule is C=Cc1ccc(OC(C)=O)c(-n2nc3ccccc3n2)c1. The maximum atomic E-state index is 11.2. The molecule has 0 aliphatic rings. The van der Waals surface area contributed by atoms with Gasteiger partial charge in [0.15, 0.2) is 5.75 Å². The van der Waals surface area contributed by atoms with Crippen LogP contribution in [-0.4, -0.2) is 21.0 Å². The molecule has 1 heterocycles. The molecule has 0 unspecified atom stereocenters. The lowest BCUT2D eigenvalue weighted by molar-refractivity contribution is -0.131. The Morgan fingerprint density at radius 1 is 1.19 bits per heavy atom. The number of benzene rings is 2. The average molecular weight is 279 g/mol. The number of hydrogen-bond donors (Lipinski definition) is 0. The van der Waals surface area contributed by atoms with Crippen molar-refractivity contribution in [3.63, 3.8) is 0 Å². The van der Waals surface area contributed by atoms with Gasteiger partial charge >= 0.3 is 5.97 Å². The van der Waals surface area contributed by atoms with E-state index in [2.05, 4.69) is 16.8 Å². The third kappa shape index (κ3) is 2.53. The maximum Gasteiger partial charge on any atom is 0.308 e. The molecule has 1 aromatic heterocycles. The summed E-state index contributed by atoms with van der Waals surface area (Å²) in [4.78, 5) is 12.7. The first-order chi connectivity index (χ1) is 10.2. The Bertz CT molecular complexity index is 803. The normalized spacial score (nSPS) is 10.5. The average Bonchev–Trinajstić information content (AvgIpc) is 2.90. The number of carbonyl (C=O) groups is 1. The number of nitrogens with zero attached hydrogens (tertiary/aromatic N) is 3. The van der Waals surface area contributed by atoms with Crippen LogP contribution in [-0.2, 0) is 4.79 Å². The molecule has 0 saturated carbocycles. The number of esters is 1. The predicted molar refractivity (Wildman–Crippen MR) is 80.3 cm³/mol. The molecule has 0 spiro atoms. The number of rotatable bonds is 3. The second-order valence-corrected chi connectivity index (χ2v) is 4.50. The number of aromatic nitrogens is 3. The monoisotopic (exact) mass is 279 g/mol. The molecule has 104 valence electrons. The minimum Gasteiger partial charge on any atom is -0.424 e. The van der Waals surface area contributed by atoms with Gasteiger partial charge in [0.25, 0.3) is 0 Å². The largest absolute Gasteiger partial charge is 0.424 e. The molecule has 0 saturated heterocycles. The van der Waals surface area contributed by atoms with Gasteiger partial charge in [-0.15, -0.1) is 15.0 Å². The Hall–Kier alpha value is -2.95. The van der Waals surface area contributed by atoms with Crippen molar-refractivity contribution in [2.75, 3.05) is 0 Å². The van der Waals surface area contributed by atoms with Gasteiger partial charge in [-0.2, -0.15) is 0 Å². The van der Waals surface area contributed by atoms with E-state index in [1.807, 2.05) is 36.4 Å². The van der Waals surface area contributed by atoms with E-state index >= 15 is 0 Å². The first-order valence-electron chi connectivity index (χ1n) is 6.45. The Morgan fingerprint density at radius 2 is 1.86 bits per heavy atom. The van der Waals surface area contributed by atoms with Gasteiger partial charge < -0.3 is 4.74 Å². The van der Waals surface area contributed by atoms with Crippen LogP contribution in [0.15, 0.2) is 49.0 Å². The smallest absolute Gasteiger partial charge is 0.308 e. The fraction of sp³-hybridized carbons (Fsp3) is 0.0625. The highest BCUT2D eigenvalue weighted by molar-refractivity contribution is 5.75. The van der Waals surface area contributed by atoms with Crippen LogP contribution in [0.4, 0.5) is 0 Å². The van der Waals surface area contributed by atoms with Crippen molar-refractivity contribution >= 4 is 23.1 Å². The zero-order chi connectivity index (χ0) is 14.8. The molecule has 5 heteroatoms. The minimum absolute atomic E-state index is 0.390. The Morgan fingerprint density at radius 3 is 2.43 bits per heavy atom. The van der Waals surface area contributed by atoms with E-state index in [-0.39, 0.29) is 5.97 Å². The summed E-state index contributed by atoms with van der Waals surface area (Å²) in [6.07, 6.45) is 1.71. The van der Waals surface area contributed by atoms with Crippen molar-refractivity contribution in [3.05, 3.63) is 54.6 Å². The van der Waals surface area contributed by atoms with Crippen LogP contribution in [0.1, 0.15) is 12.5 Å². The molecule has 21 heavy (non-hydrogen) atoms. The van der Waals surface area contributed by atoms with E-state index in [0.29, 0.717) is 11.4 Å². The van der Waals surface area contributed by atoms with Crippen molar-refractivity contribution < 1.29 is 9.53 Å². The number of ether oxygens (including phenoxy) is 1. The summed E-state index contributed by atoms with van der Waals surface area (Å²) < 4.78 is 5.22. The van der Waals surface area contributed by atoms with Crippen molar-refractivity contribution in [3.8, 4) is 11.4 Å². The van der Waals surface area contributed by atoms with Crippen LogP contribution in [0, 0.1) is 0 Å². The van der Waals surface area contributed by atoms with Gasteiger partial charge in [-0.25, -0.2) is 0 Å². The second-order valence-electron chi connectivity index (χ2n) is 4.50. The van der Waals surface area contributed by atoms with E-state index in [1.54, 1.807) is 12.1 Å². The van der Waals surface area contributed by atoms with Crippen LogP contribution < -0.4 is 4.74 Å². The van der Waals surface area contributed by atoms with Crippen molar-refractivity contribution in [2.45, 2.75) is 6.92 Å². The topological polar surface area (TPSA) is 57.0 Å². The third-order valence-electron chi connectivity index (χ3n) is 2.97. The summed E-state index contributed by atoms with van der Waals surface area (Å²) in [6, 6.07) is 12.9. The summed E-state index contributed by atoms with van der Waals surface area (Å²) >= 11 is 0. The summed E-state index contributed by atoms with van der Waals surface area (Å²) in [5, 5.41) is 8.81. The first-order valence-corrected chi connectivity index (χ1v) is 6.45. The van der Waals surface area contributed by atoms with Crippen LogP contribution in [0.3, 0.4) is 0 Å². The molecule has 5 nitrogen and oxygen atoms in total. The van der Waals surface area contributed by atoms with E-state index in [9.17, 15) is 4.79 Å². The van der Waals surface area contributed by atoms with Crippen molar-refractivity contribution in [1.29, 1.82) is 0 Å². The van der Waals surface area contributed by atoms with Crippen molar-refractivity contribution in [2.24, 2.45) is 0 Å². The summed E-state index contributed by atoms with van der Waals surface area (Å²) in [7, 11) is 0. The molecule has 0 aliphatic carbocycles. The van der Waals surface area contributed by atoms with E-state index in [1.165, 1.54) is 11.7 Å². The molecule has 0 amide bonds. The lowest BCUT2D eigenvalue weighted by Crippen LogP contribution is -2.07. The molecule has 0 N–H and O–H groups in total. The quantitative estimate of drug-likeness (QED) is 0.546. The van der Waals surface area contributed by atoms with E-state index < -0.39 is 0 Å². The van der Waals surface area contributed by atoms with E-state index in [4.69, 9.17) is 4.74 Å². The maximum absolute atomic E-state index is 11.2. The Labute approximate surface area is 121 Å². The highest BCUT2D eigenvalue weighted by Gasteiger charge is 2.12. The first kappa shape index (κ1) is 13.1. The van der Waals surface area contributed by atoms with Gasteiger partial charge in [0.2, 0.25) is 0 Å². The Kier molecular flexibility index (Phi) is 3.23. The van der Waals surface area contributed by atoms with Crippen LogP contribution >= 0.6 is 0 Å². The molecular formula is C16H13N3O2. The second kappa shape index (κ2) is 5.20. The summed E-state index contributed by atoms with van der Waals surface area (Å²) in [5.74, 6) is 0.0210. The zero-order valence-corrected chi connectivity index (χ0v) is 11.5. The molecule has 3 rings (SSSR count). The number of carbonyl (C=O) groups excluding carboxylic acids is 1. The van der Waals surface area contributed by atoms with Crippen LogP contribution in [0.25, 0.3) is 22.8 Å². The van der Waals surface area contributed by atoms with E-state index in [0.717, 1.165) is 16.6 Å². The molecule has 2 aromatic carbocycles. The third-order valence-corrected chi connectivity index (χ3v) is 2.97. The van der Waals surface area contributed by atoms with Gasteiger partial charge in [-0.05, 0) is 29.8 Å². The minimum atomic E-state index is -0.390. The van der Waals surface area contributed by atoms with Crippen LogP contribution in [0.5, 0.6) is 5.75 Å². The number of fused-ring (bicyclic) bond motifs is 1. The predicted octanol–water partition coefficient (Wildman–Crippen LogP) is 2.99. The highest BCUT2D eigenvalue weighted by atomic mass is 16.5. The molecule has 0 atom stereocenters. The van der Waals surface area contributed by atoms with Gasteiger partial charge in [0.05, 0.1) is 0 Å². The van der Waals surface area contributed by atoms with Crippen LogP contribution in [0.2, 0.25) is 0 Å². The fourth-order valence-corrected chi connectivity index (χ4v) is 2.03. The van der Waals surface area contributed by atoms with Gasteiger partial charge in [-0.1, -0.05) is 30.9 Å². The van der Waals surface area contributed by atoms with Gasteiger partial charge in [-0.3, -0.25) is 4.79 Å². The standard InChI is InChI=1S/C16H13N3O2/c1-3-12-8-9-16(21-11(2)20)15(10-12)19-17-13-6-4-5-7-14(13)18-19/h3-10H,1H2,2H3. The van der Waals surface area contributed by atoms with Gasteiger partial charge in [0, 0.05) is 6.92 Å². The lowest BCUT2D eigenvalue weighted by atomic mass is 10.2. The van der Waals surface area contributed by atoms with Crippen molar-refractivity contribution in [1.82, 2.24) is 15.0 Å². The molecule has 0 fully saturated rings. The zero-order valence-electron chi connectivity index (χ0n) is 11.5. The molecule has 0 aliphatic heterocycles. The summed E-state index contributed by atoms with van der Waals surface area (Å²) in [5.41, 5.74) is 3.03. The molecule has 3 aromatic rings. The lowest BCUT2D eigenvalue weighted by Gasteiger charge is -2.08. The highest BCUT2D eigenvalue weighted by Crippen LogP contribution is 2.25. The Balaban J connectivity index is 2.18. The van der Waals surface area contributed by atoms with Gasteiger partial charge in [0.1, 0.15) is 16.7 Å².